The summed E-state index contributed by atoms with van der Waals surface area (Å²) in [6.45, 7) is 3.40. The van der Waals surface area contributed by atoms with Crippen LogP contribution < -0.4 is 10.6 Å². The van der Waals surface area contributed by atoms with E-state index in [0.717, 1.165) is 19.6 Å². The highest BCUT2D eigenvalue weighted by molar-refractivity contribution is 5.95. The molecule has 17 heavy (non-hydrogen) atoms. The van der Waals surface area contributed by atoms with Gasteiger partial charge in [-0.25, -0.2) is 4.98 Å². The Balaban J connectivity index is 1.69. The summed E-state index contributed by atoms with van der Waals surface area (Å²) in [4.78, 5) is 19.6. The predicted octanol–water partition coefficient (Wildman–Crippen LogP) is 0.249. The lowest BCUT2D eigenvalue weighted by molar-refractivity contribution is 0.0984. The maximum absolute atomic E-state index is 11.7. The number of rotatable bonds is 5. The summed E-state index contributed by atoms with van der Waals surface area (Å²) in [5.74, 6) is 0.639. The quantitative estimate of drug-likeness (QED) is 0.715. The summed E-state index contributed by atoms with van der Waals surface area (Å²) in [6.07, 6.45) is 7.08. The summed E-state index contributed by atoms with van der Waals surface area (Å²) in [5, 5.41) is 6.55. The van der Waals surface area contributed by atoms with Gasteiger partial charge in [-0.15, -0.1) is 0 Å². The van der Waals surface area contributed by atoms with Crippen molar-refractivity contribution < 1.29 is 4.79 Å². The van der Waals surface area contributed by atoms with Gasteiger partial charge in [0.25, 0.3) is 0 Å². The molecule has 0 bridgehead atoms. The molecule has 0 amide bonds. The normalized spacial score (nSPS) is 20.1. The molecule has 2 N–H and O–H groups in total. The third kappa shape index (κ3) is 3.87. The highest BCUT2D eigenvalue weighted by atomic mass is 16.1. The molecule has 0 aromatic carbocycles. The maximum Gasteiger partial charge on any atom is 0.196 e. The van der Waals surface area contributed by atoms with E-state index in [1.807, 2.05) is 0 Å². The molecule has 1 aromatic heterocycles. The van der Waals surface area contributed by atoms with E-state index < -0.39 is 0 Å². The standard InChI is InChI=1S/C12H18N4O/c17-12(11-8-14-4-5-16-11)9-15-7-10-2-1-3-13-6-10/h4-5,8,10,13,15H,1-3,6-7,9H2/t10-/m1/s1. The number of Topliss-reactive ketones (excluding diaryl/α,β-unsaturated/α-hetero) is 1. The van der Waals surface area contributed by atoms with Gasteiger partial charge in [0, 0.05) is 12.4 Å². The summed E-state index contributed by atoms with van der Waals surface area (Å²) in [7, 11) is 0. The number of hydrogen-bond donors (Lipinski definition) is 2. The van der Waals surface area contributed by atoms with E-state index in [0.29, 0.717) is 18.2 Å². The van der Waals surface area contributed by atoms with E-state index >= 15 is 0 Å². The Morgan fingerprint density at radius 3 is 3.18 bits per heavy atom. The fourth-order valence-electron chi connectivity index (χ4n) is 2.02. The summed E-state index contributed by atoms with van der Waals surface area (Å²) < 4.78 is 0. The first-order valence-electron chi connectivity index (χ1n) is 6.07. The second-order valence-electron chi connectivity index (χ2n) is 4.36. The fraction of sp³-hybridized carbons (Fsp3) is 0.583. The van der Waals surface area contributed by atoms with Gasteiger partial charge in [0.15, 0.2) is 5.78 Å². The Kier molecular flexibility index (Phi) is 4.58. The van der Waals surface area contributed by atoms with Crippen molar-refractivity contribution in [3.8, 4) is 0 Å². The predicted molar refractivity (Wildman–Crippen MR) is 64.8 cm³/mol. The Morgan fingerprint density at radius 2 is 2.47 bits per heavy atom. The molecule has 0 unspecified atom stereocenters. The lowest BCUT2D eigenvalue weighted by Crippen LogP contribution is -2.37. The van der Waals surface area contributed by atoms with Crippen molar-refractivity contribution >= 4 is 5.78 Å². The van der Waals surface area contributed by atoms with Crippen LogP contribution in [0.3, 0.4) is 0 Å². The van der Waals surface area contributed by atoms with Crippen LogP contribution in [0.5, 0.6) is 0 Å². The number of aromatic nitrogens is 2. The first kappa shape index (κ1) is 12.1. The van der Waals surface area contributed by atoms with Gasteiger partial charge < -0.3 is 10.6 Å². The largest absolute Gasteiger partial charge is 0.316 e. The molecule has 2 heterocycles. The molecule has 1 aromatic rings. The first-order chi connectivity index (χ1) is 8.36. The zero-order valence-corrected chi connectivity index (χ0v) is 9.85. The van der Waals surface area contributed by atoms with Gasteiger partial charge in [-0.3, -0.25) is 9.78 Å². The zero-order valence-electron chi connectivity index (χ0n) is 9.85. The molecule has 5 heteroatoms. The van der Waals surface area contributed by atoms with E-state index in [2.05, 4.69) is 20.6 Å². The SMILES string of the molecule is O=C(CNC[C@@H]1CCCNC1)c1cnccn1. The second kappa shape index (κ2) is 6.42. The monoisotopic (exact) mass is 234 g/mol. The third-order valence-corrected chi connectivity index (χ3v) is 2.97. The van der Waals surface area contributed by atoms with Crippen molar-refractivity contribution in [2.45, 2.75) is 12.8 Å². The molecule has 1 saturated heterocycles. The molecule has 1 fully saturated rings. The molecular formula is C12H18N4O. The summed E-state index contributed by atoms with van der Waals surface area (Å²) in [6, 6.07) is 0. The number of ketones is 1. The molecule has 0 saturated carbocycles. The second-order valence-corrected chi connectivity index (χ2v) is 4.36. The van der Waals surface area contributed by atoms with E-state index in [9.17, 15) is 4.79 Å². The number of nitrogens with zero attached hydrogens (tertiary/aromatic N) is 2. The van der Waals surface area contributed by atoms with Crippen molar-refractivity contribution in [2.75, 3.05) is 26.2 Å². The average Bonchev–Trinajstić information content (AvgIpc) is 2.41. The lowest BCUT2D eigenvalue weighted by atomic mass is 10.00. The van der Waals surface area contributed by atoms with Gasteiger partial charge in [0.2, 0.25) is 0 Å². The maximum atomic E-state index is 11.7. The third-order valence-electron chi connectivity index (χ3n) is 2.97. The molecular weight excluding hydrogens is 216 g/mol. The zero-order chi connectivity index (χ0) is 11.9. The first-order valence-corrected chi connectivity index (χ1v) is 6.07. The molecule has 92 valence electrons. The minimum absolute atomic E-state index is 0.00173. The molecule has 0 aliphatic carbocycles. The van der Waals surface area contributed by atoms with Crippen LogP contribution in [0.1, 0.15) is 23.3 Å². The van der Waals surface area contributed by atoms with Crippen molar-refractivity contribution in [1.29, 1.82) is 0 Å². The number of carbonyl (C=O) groups is 1. The van der Waals surface area contributed by atoms with Crippen LogP contribution in [0.15, 0.2) is 18.6 Å². The summed E-state index contributed by atoms with van der Waals surface area (Å²) in [5.41, 5.74) is 0.432. The van der Waals surface area contributed by atoms with Crippen molar-refractivity contribution in [3.05, 3.63) is 24.3 Å². The van der Waals surface area contributed by atoms with Crippen molar-refractivity contribution in [3.63, 3.8) is 0 Å². The molecule has 2 rings (SSSR count). The highest BCUT2D eigenvalue weighted by Gasteiger charge is 2.13. The number of nitrogens with one attached hydrogen (secondary N) is 2. The van der Waals surface area contributed by atoms with Crippen LogP contribution in [-0.4, -0.2) is 41.9 Å². The molecule has 1 aliphatic rings. The van der Waals surface area contributed by atoms with Crippen molar-refractivity contribution in [1.82, 2.24) is 20.6 Å². The minimum atomic E-state index is 0.00173. The Hall–Kier alpha value is -1.33. The molecule has 1 atom stereocenters. The number of carbonyl (C=O) groups excluding carboxylic acids is 1. The fourth-order valence-corrected chi connectivity index (χ4v) is 2.02. The van der Waals surface area contributed by atoms with Gasteiger partial charge >= 0.3 is 0 Å². The van der Waals surface area contributed by atoms with Crippen LogP contribution in [-0.2, 0) is 0 Å². The van der Waals surface area contributed by atoms with E-state index in [4.69, 9.17) is 0 Å². The van der Waals surface area contributed by atoms with Crippen LogP contribution in [0, 0.1) is 5.92 Å². The average molecular weight is 234 g/mol. The van der Waals surface area contributed by atoms with Gasteiger partial charge in [0.1, 0.15) is 5.69 Å². The highest BCUT2D eigenvalue weighted by Crippen LogP contribution is 2.07. The van der Waals surface area contributed by atoms with Crippen LogP contribution >= 0.6 is 0 Å². The number of hydrogen-bond acceptors (Lipinski definition) is 5. The number of piperidine rings is 1. The van der Waals surface area contributed by atoms with E-state index in [-0.39, 0.29) is 5.78 Å². The molecule has 1 aliphatic heterocycles. The molecule has 0 spiro atoms. The van der Waals surface area contributed by atoms with Gasteiger partial charge in [-0.2, -0.15) is 0 Å². The van der Waals surface area contributed by atoms with Crippen molar-refractivity contribution in [2.24, 2.45) is 5.92 Å². The van der Waals surface area contributed by atoms with E-state index in [1.54, 1.807) is 6.20 Å². The topological polar surface area (TPSA) is 66.9 Å². The lowest BCUT2D eigenvalue weighted by Gasteiger charge is -2.22. The smallest absolute Gasteiger partial charge is 0.196 e. The Bertz CT molecular complexity index is 349. The molecule has 0 radical (unpaired) electrons. The van der Waals surface area contributed by atoms with Crippen LogP contribution in [0.2, 0.25) is 0 Å². The summed E-state index contributed by atoms with van der Waals surface area (Å²) >= 11 is 0. The van der Waals surface area contributed by atoms with E-state index in [1.165, 1.54) is 25.2 Å². The molecule has 5 nitrogen and oxygen atoms in total. The van der Waals surface area contributed by atoms with Gasteiger partial charge in [0.05, 0.1) is 12.7 Å². The van der Waals surface area contributed by atoms with Crippen LogP contribution in [0.25, 0.3) is 0 Å². The van der Waals surface area contributed by atoms with Crippen LogP contribution in [0.4, 0.5) is 0 Å². The Labute approximate surface area is 101 Å². The van der Waals surface area contributed by atoms with Gasteiger partial charge in [-0.1, -0.05) is 0 Å². The minimum Gasteiger partial charge on any atom is -0.316 e. The Morgan fingerprint density at radius 1 is 1.53 bits per heavy atom. The van der Waals surface area contributed by atoms with Gasteiger partial charge in [-0.05, 0) is 38.4 Å².